The van der Waals surface area contributed by atoms with Crippen LogP contribution in [0.2, 0.25) is 0 Å². The Hall–Kier alpha value is -1.92. The predicted octanol–water partition coefficient (Wildman–Crippen LogP) is -0.0537. The second-order valence-corrected chi connectivity index (χ2v) is 2.96. The SMILES string of the molecule is CC(F)/C(=C/C(=O)NCCC(=O)O)C(=O)O. The van der Waals surface area contributed by atoms with Gasteiger partial charge in [0.1, 0.15) is 6.17 Å². The number of rotatable bonds is 6. The lowest BCUT2D eigenvalue weighted by Gasteiger charge is -2.03. The summed E-state index contributed by atoms with van der Waals surface area (Å²) in [4.78, 5) is 31.6. The van der Waals surface area contributed by atoms with E-state index in [4.69, 9.17) is 10.2 Å². The van der Waals surface area contributed by atoms with E-state index in [0.29, 0.717) is 6.08 Å². The number of hydrogen-bond donors (Lipinski definition) is 3. The molecule has 0 rings (SSSR count). The molecule has 90 valence electrons. The van der Waals surface area contributed by atoms with Gasteiger partial charge in [0.15, 0.2) is 0 Å². The molecule has 6 nitrogen and oxygen atoms in total. The Morgan fingerprint density at radius 2 is 1.94 bits per heavy atom. The second-order valence-electron chi connectivity index (χ2n) is 2.96. The largest absolute Gasteiger partial charge is 0.481 e. The first-order valence-electron chi connectivity index (χ1n) is 4.43. The highest BCUT2D eigenvalue weighted by molar-refractivity contribution is 5.98. The standard InChI is InChI=1S/C9H12FNO5/c1-5(10)6(9(15)16)4-7(12)11-3-2-8(13)14/h4-5H,2-3H2,1H3,(H,11,12)(H,13,14)(H,15,16)/b6-4-. The summed E-state index contributed by atoms with van der Waals surface area (Å²) < 4.78 is 12.7. The molecule has 0 aliphatic carbocycles. The molecule has 16 heavy (non-hydrogen) atoms. The van der Waals surface area contributed by atoms with Gasteiger partial charge in [0.05, 0.1) is 12.0 Å². The molecule has 0 saturated carbocycles. The van der Waals surface area contributed by atoms with Crippen molar-refractivity contribution in [2.24, 2.45) is 0 Å². The zero-order chi connectivity index (χ0) is 12.7. The van der Waals surface area contributed by atoms with Crippen LogP contribution in [0.3, 0.4) is 0 Å². The molecule has 1 atom stereocenters. The minimum Gasteiger partial charge on any atom is -0.481 e. The number of carbonyl (C=O) groups is 3. The Labute approximate surface area is 90.8 Å². The van der Waals surface area contributed by atoms with Gasteiger partial charge in [-0.05, 0) is 6.92 Å². The summed E-state index contributed by atoms with van der Waals surface area (Å²) in [5.41, 5.74) is -0.673. The van der Waals surface area contributed by atoms with E-state index < -0.39 is 29.6 Å². The highest BCUT2D eigenvalue weighted by Gasteiger charge is 2.16. The van der Waals surface area contributed by atoms with Crippen molar-refractivity contribution in [1.82, 2.24) is 5.32 Å². The number of carboxylic acid groups (broad SMARTS) is 2. The van der Waals surface area contributed by atoms with E-state index >= 15 is 0 Å². The topological polar surface area (TPSA) is 104 Å². The monoisotopic (exact) mass is 233 g/mol. The number of hydrogen-bond acceptors (Lipinski definition) is 3. The highest BCUT2D eigenvalue weighted by atomic mass is 19.1. The van der Waals surface area contributed by atoms with Crippen molar-refractivity contribution in [1.29, 1.82) is 0 Å². The fourth-order valence-corrected chi connectivity index (χ4v) is 0.832. The molecule has 0 aliphatic heterocycles. The van der Waals surface area contributed by atoms with Crippen LogP contribution in [-0.4, -0.2) is 40.8 Å². The zero-order valence-electron chi connectivity index (χ0n) is 8.57. The minimum atomic E-state index is -1.78. The summed E-state index contributed by atoms with van der Waals surface area (Å²) in [5.74, 6) is -3.45. The lowest BCUT2D eigenvalue weighted by Crippen LogP contribution is -2.26. The van der Waals surface area contributed by atoms with Crippen molar-refractivity contribution in [3.63, 3.8) is 0 Å². The van der Waals surface area contributed by atoms with Crippen molar-refractivity contribution in [2.75, 3.05) is 6.54 Å². The number of carboxylic acids is 2. The molecule has 0 bridgehead atoms. The molecule has 0 radical (unpaired) electrons. The Morgan fingerprint density at radius 3 is 2.31 bits per heavy atom. The number of nitrogens with one attached hydrogen (secondary N) is 1. The Morgan fingerprint density at radius 1 is 1.38 bits per heavy atom. The van der Waals surface area contributed by atoms with Crippen molar-refractivity contribution >= 4 is 17.8 Å². The third kappa shape index (κ3) is 5.74. The molecule has 0 aromatic heterocycles. The summed E-state index contributed by atoms with van der Waals surface area (Å²) in [6.45, 7) is 0.850. The van der Waals surface area contributed by atoms with E-state index in [0.717, 1.165) is 6.92 Å². The van der Waals surface area contributed by atoms with Gasteiger partial charge in [-0.1, -0.05) is 0 Å². The Balaban J connectivity index is 4.32. The molecule has 0 fully saturated rings. The average molecular weight is 233 g/mol. The van der Waals surface area contributed by atoms with Crippen LogP contribution in [0, 0.1) is 0 Å². The minimum absolute atomic E-state index is 0.141. The maximum atomic E-state index is 12.7. The maximum Gasteiger partial charge on any atom is 0.334 e. The van der Waals surface area contributed by atoms with E-state index in [1.807, 2.05) is 0 Å². The fraction of sp³-hybridized carbons (Fsp3) is 0.444. The third-order valence-electron chi connectivity index (χ3n) is 1.60. The summed E-state index contributed by atoms with van der Waals surface area (Å²) in [7, 11) is 0. The van der Waals surface area contributed by atoms with Crippen LogP contribution in [0.15, 0.2) is 11.6 Å². The molecule has 0 heterocycles. The van der Waals surface area contributed by atoms with Crippen LogP contribution in [0.4, 0.5) is 4.39 Å². The summed E-state index contributed by atoms with van der Waals surface area (Å²) in [6, 6.07) is 0. The Bertz CT molecular complexity index is 324. The molecule has 0 aromatic carbocycles. The van der Waals surface area contributed by atoms with Crippen LogP contribution >= 0.6 is 0 Å². The van der Waals surface area contributed by atoms with Crippen LogP contribution in [0.1, 0.15) is 13.3 Å². The van der Waals surface area contributed by atoms with Crippen molar-refractivity contribution < 1.29 is 29.0 Å². The first-order chi connectivity index (χ1) is 7.34. The van der Waals surface area contributed by atoms with E-state index in [-0.39, 0.29) is 13.0 Å². The van der Waals surface area contributed by atoms with Gasteiger partial charge in [0, 0.05) is 12.6 Å². The van der Waals surface area contributed by atoms with Crippen LogP contribution in [0.5, 0.6) is 0 Å². The van der Waals surface area contributed by atoms with Crippen molar-refractivity contribution in [3.8, 4) is 0 Å². The smallest absolute Gasteiger partial charge is 0.334 e. The van der Waals surface area contributed by atoms with Gasteiger partial charge in [0.2, 0.25) is 5.91 Å². The van der Waals surface area contributed by atoms with Gasteiger partial charge in [-0.2, -0.15) is 0 Å². The third-order valence-corrected chi connectivity index (χ3v) is 1.60. The molecule has 1 amide bonds. The second kappa shape index (κ2) is 6.54. The van der Waals surface area contributed by atoms with E-state index in [1.54, 1.807) is 0 Å². The van der Waals surface area contributed by atoms with E-state index in [9.17, 15) is 18.8 Å². The Kier molecular flexibility index (Phi) is 5.76. The molecule has 0 aliphatic rings. The van der Waals surface area contributed by atoms with E-state index in [2.05, 4.69) is 5.32 Å². The van der Waals surface area contributed by atoms with Crippen LogP contribution in [-0.2, 0) is 14.4 Å². The molecule has 0 aromatic rings. The average Bonchev–Trinajstić information content (AvgIpc) is 2.12. The lowest BCUT2D eigenvalue weighted by molar-refractivity contribution is -0.137. The van der Waals surface area contributed by atoms with Crippen molar-refractivity contribution in [3.05, 3.63) is 11.6 Å². The molecule has 7 heteroatoms. The van der Waals surface area contributed by atoms with Gasteiger partial charge in [-0.3, -0.25) is 9.59 Å². The molecule has 3 N–H and O–H groups in total. The summed E-state index contributed by atoms with van der Waals surface area (Å²) in [6.07, 6.45) is -1.45. The molecule has 1 unspecified atom stereocenters. The molecule has 0 spiro atoms. The van der Waals surface area contributed by atoms with Gasteiger partial charge < -0.3 is 15.5 Å². The summed E-state index contributed by atoms with van der Waals surface area (Å²) in [5, 5.41) is 18.9. The predicted molar refractivity (Wildman–Crippen MR) is 51.6 cm³/mol. The van der Waals surface area contributed by atoms with Gasteiger partial charge >= 0.3 is 11.9 Å². The number of halogens is 1. The molecular formula is C9H12FNO5. The molecule has 0 saturated heterocycles. The van der Waals surface area contributed by atoms with Crippen LogP contribution < -0.4 is 5.32 Å². The maximum absolute atomic E-state index is 12.7. The lowest BCUT2D eigenvalue weighted by atomic mass is 10.1. The van der Waals surface area contributed by atoms with Crippen LogP contribution in [0.25, 0.3) is 0 Å². The fourth-order valence-electron chi connectivity index (χ4n) is 0.832. The molecular weight excluding hydrogens is 221 g/mol. The summed E-state index contributed by atoms with van der Waals surface area (Å²) >= 11 is 0. The number of carbonyl (C=O) groups excluding carboxylic acids is 1. The highest BCUT2D eigenvalue weighted by Crippen LogP contribution is 2.05. The van der Waals surface area contributed by atoms with E-state index in [1.165, 1.54) is 0 Å². The first-order valence-corrected chi connectivity index (χ1v) is 4.43. The van der Waals surface area contributed by atoms with Gasteiger partial charge in [-0.25, -0.2) is 9.18 Å². The first kappa shape index (κ1) is 14.1. The van der Waals surface area contributed by atoms with Gasteiger partial charge in [-0.15, -0.1) is 0 Å². The quantitative estimate of drug-likeness (QED) is 0.558. The number of alkyl halides is 1. The number of amides is 1. The zero-order valence-corrected chi connectivity index (χ0v) is 8.57. The van der Waals surface area contributed by atoms with Gasteiger partial charge in [0.25, 0.3) is 0 Å². The normalized spacial score (nSPS) is 13.0. The van der Waals surface area contributed by atoms with Crippen molar-refractivity contribution in [2.45, 2.75) is 19.5 Å². The number of aliphatic carboxylic acids is 2.